The van der Waals surface area contributed by atoms with Crippen LogP contribution in [0.3, 0.4) is 0 Å². The first-order valence-electron chi connectivity index (χ1n) is 12.0. The van der Waals surface area contributed by atoms with Crippen LogP contribution >= 0.6 is 0 Å². The van der Waals surface area contributed by atoms with Gasteiger partial charge in [-0.3, -0.25) is 9.59 Å². The molecule has 6 aliphatic rings. The van der Waals surface area contributed by atoms with Gasteiger partial charge in [0.1, 0.15) is 18.3 Å². The molecule has 10 atom stereocenters. The minimum absolute atomic E-state index is 0.230. The summed E-state index contributed by atoms with van der Waals surface area (Å²) < 4.78 is 17.0. The Labute approximate surface area is 193 Å². The second-order valence-electron chi connectivity index (χ2n) is 11.9. The Morgan fingerprint density at radius 3 is 2.39 bits per heavy atom. The largest absolute Gasteiger partial charge is 0.463 e. The molecule has 2 aliphatic heterocycles. The predicted molar refractivity (Wildman–Crippen MR) is 112 cm³/mol. The van der Waals surface area contributed by atoms with E-state index >= 15 is 0 Å². The summed E-state index contributed by atoms with van der Waals surface area (Å²) in [4.78, 5) is 23.7. The fourth-order valence-corrected chi connectivity index (χ4v) is 9.18. The Hall–Kier alpha value is -1.26. The molecule has 4 saturated carbocycles. The third-order valence-corrected chi connectivity index (χ3v) is 10.1. The quantitative estimate of drug-likeness (QED) is 0.436. The van der Waals surface area contributed by atoms with Crippen molar-refractivity contribution >= 4 is 11.9 Å². The van der Waals surface area contributed by atoms with E-state index in [0.29, 0.717) is 12.8 Å². The van der Waals surface area contributed by atoms with Gasteiger partial charge < -0.3 is 34.6 Å². The first-order valence-corrected chi connectivity index (χ1v) is 12.0. The lowest BCUT2D eigenvalue weighted by molar-refractivity contribution is -0.469. The summed E-state index contributed by atoms with van der Waals surface area (Å²) in [6, 6.07) is 0. The monoisotopic (exact) mass is 468 g/mol. The van der Waals surface area contributed by atoms with Crippen molar-refractivity contribution in [2.24, 2.45) is 34.0 Å². The van der Waals surface area contributed by atoms with Gasteiger partial charge in [-0.15, -0.1) is 0 Å². The molecular formula is C24H36O9. The number of carbonyl (C=O) groups excluding carboxylic acids is 2. The van der Waals surface area contributed by atoms with E-state index in [1.54, 1.807) is 0 Å². The Morgan fingerprint density at radius 2 is 1.76 bits per heavy atom. The summed E-state index contributed by atoms with van der Waals surface area (Å²) in [7, 11) is 0. The molecule has 2 spiro atoms. The molecule has 6 unspecified atom stereocenters. The standard InChI is InChI=1S/C24H36O9/c1-12(25)31-11-22(29)14-6-7-15-21-9-5-8-20(3,4)16(21)18(33-13(2)26)24(30,32-10-21)23(15,17(14)27)19(22)28/h14-19,27-30H,5-11H2,1-4H3/t14?,15?,16?,17?,18?,19?,21-,22+,23-,24-/m1/s1. The molecule has 0 radical (unpaired) electrons. The highest BCUT2D eigenvalue weighted by atomic mass is 16.7. The number of hydrogen-bond donors (Lipinski definition) is 4. The molecule has 0 amide bonds. The van der Waals surface area contributed by atoms with Gasteiger partial charge in [0.05, 0.1) is 18.1 Å². The van der Waals surface area contributed by atoms with Crippen LogP contribution in [0.2, 0.25) is 0 Å². The molecule has 33 heavy (non-hydrogen) atoms. The molecule has 186 valence electrons. The number of carbonyl (C=O) groups is 2. The molecule has 6 fully saturated rings. The molecule has 0 aromatic carbocycles. The number of hydrogen-bond acceptors (Lipinski definition) is 9. The molecule has 6 rings (SSSR count). The van der Waals surface area contributed by atoms with E-state index in [9.17, 15) is 30.0 Å². The van der Waals surface area contributed by atoms with Crippen LogP contribution in [0.15, 0.2) is 0 Å². The highest BCUT2D eigenvalue weighted by Crippen LogP contribution is 2.78. The summed E-state index contributed by atoms with van der Waals surface area (Å²) in [6.07, 6.45) is -0.601. The number of aliphatic hydroxyl groups excluding tert-OH is 2. The van der Waals surface area contributed by atoms with Gasteiger partial charge in [-0.05, 0) is 37.0 Å². The molecule has 2 saturated heterocycles. The van der Waals surface area contributed by atoms with E-state index in [0.717, 1.165) is 19.3 Å². The van der Waals surface area contributed by atoms with Gasteiger partial charge in [0, 0.05) is 31.1 Å². The van der Waals surface area contributed by atoms with Gasteiger partial charge in [-0.1, -0.05) is 20.3 Å². The molecule has 0 aromatic rings. The zero-order valence-electron chi connectivity index (χ0n) is 19.7. The highest BCUT2D eigenvalue weighted by Gasteiger charge is 2.89. The summed E-state index contributed by atoms with van der Waals surface area (Å²) in [5.41, 5.74) is -4.48. The zero-order valence-corrected chi connectivity index (χ0v) is 19.7. The SMILES string of the molecule is CC(=O)OC[C@]1(O)C2CCC3[C@]45CCCC(C)(C)C4C(OC(C)=O)[C@@](O)(OC5)[C@]3(C2O)C1O. The lowest BCUT2D eigenvalue weighted by atomic mass is 9.36. The van der Waals surface area contributed by atoms with Gasteiger partial charge in [-0.2, -0.15) is 0 Å². The third-order valence-electron chi connectivity index (χ3n) is 10.1. The number of ether oxygens (including phenoxy) is 3. The van der Waals surface area contributed by atoms with E-state index in [1.165, 1.54) is 13.8 Å². The smallest absolute Gasteiger partial charge is 0.303 e. The Kier molecular flexibility index (Phi) is 4.91. The van der Waals surface area contributed by atoms with E-state index in [1.807, 2.05) is 0 Å². The molecule has 9 nitrogen and oxygen atoms in total. The zero-order chi connectivity index (χ0) is 24.2. The Bertz CT molecular complexity index is 874. The lowest BCUT2D eigenvalue weighted by Crippen LogP contribution is -2.84. The Balaban J connectivity index is 1.72. The maximum Gasteiger partial charge on any atom is 0.303 e. The average molecular weight is 469 g/mol. The van der Waals surface area contributed by atoms with Crippen LogP contribution in [0, 0.1) is 34.0 Å². The predicted octanol–water partition coefficient (Wildman–Crippen LogP) is 0.505. The molecule has 4 bridgehead atoms. The molecule has 9 heteroatoms. The van der Waals surface area contributed by atoms with Crippen LogP contribution in [-0.4, -0.2) is 75.3 Å². The first-order chi connectivity index (χ1) is 15.3. The number of esters is 2. The van der Waals surface area contributed by atoms with E-state index in [2.05, 4.69) is 13.8 Å². The maximum absolute atomic E-state index is 12.3. The first kappa shape index (κ1) is 23.5. The van der Waals surface area contributed by atoms with Crippen LogP contribution in [0.1, 0.15) is 59.8 Å². The van der Waals surface area contributed by atoms with Gasteiger partial charge >= 0.3 is 11.9 Å². The number of fused-ring (bicyclic) bond motifs is 2. The van der Waals surface area contributed by atoms with Crippen LogP contribution in [0.25, 0.3) is 0 Å². The van der Waals surface area contributed by atoms with Crippen LogP contribution in [0.5, 0.6) is 0 Å². The van der Waals surface area contributed by atoms with E-state index in [4.69, 9.17) is 14.2 Å². The van der Waals surface area contributed by atoms with Crippen molar-refractivity contribution in [1.29, 1.82) is 0 Å². The van der Waals surface area contributed by atoms with Gasteiger partial charge in [0.25, 0.3) is 0 Å². The normalized spacial score (nSPS) is 53.7. The van der Waals surface area contributed by atoms with Crippen molar-refractivity contribution < 1.29 is 44.2 Å². The molecule has 0 aromatic heterocycles. The van der Waals surface area contributed by atoms with Crippen molar-refractivity contribution in [1.82, 2.24) is 0 Å². The van der Waals surface area contributed by atoms with Gasteiger partial charge in [-0.25, -0.2) is 0 Å². The van der Waals surface area contributed by atoms with Gasteiger partial charge in [0.15, 0.2) is 6.10 Å². The molecule has 4 N–H and O–H groups in total. The highest BCUT2D eigenvalue weighted by molar-refractivity contribution is 5.66. The van der Waals surface area contributed by atoms with Crippen molar-refractivity contribution in [2.75, 3.05) is 13.2 Å². The Morgan fingerprint density at radius 1 is 1.06 bits per heavy atom. The second kappa shape index (κ2) is 6.91. The topological polar surface area (TPSA) is 143 Å². The van der Waals surface area contributed by atoms with Gasteiger partial charge in [0.2, 0.25) is 5.79 Å². The summed E-state index contributed by atoms with van der Waals surface area (Å²) in [5, 5.41) is 47.4. The summed E-state index contributed by atoms with van der Waals surface area (Å²) >= 11 is 0. The minimum atomic E-state index is -2.21. The number of aliphatic hydroxyl groups is 4. The average Bonchev–Trinajstić information content (AvgIpc) is 2.80. The number of rotatable bonds is 3. The fraction of sp³-hybridized carbons (Fsp3) is 0.917. The minimum Gasteiger partial charge on any atom is -0.463 e. The maximum atomic E-state index is 12.3. The summed E-state index contributed by atoms with van der Waals surface area (Å²) in [6.45, 7) is 6.42. The van der Waals surface area contributed by atoms with Crippen molar-refractivity contribution in [2.45, 2.75) is 89.5 Å². The third kappa shape index (κ3) is 2.55. The van der Waals surface area contributed by atoms with E-state index in [-0.39, 0.29) is 23.9 Å². The molecule has 4 aliphatic carbocycles. The van der Waals surface area contributed by atoms with Crippen LogP contribution < -0.4 is 0 Å². The van der Waals surface area contributed by atoms with Crippen molar-refractivity contribution in [3.05, 3.63) is 0 Å². The summed E-state index contributed by atoms with van der Waals surface area (Å²) in [5.74, 6) is -4.85. The van der Waals surface area contributed by atoms with Crippen LogP contribution in [-0.2, 0) is 23.8 Å². The van der Waals surface area contributed by atoms with Crippen molar-refractivity contribution in [3.63, 3.8) is 0 Å². The molecular weight excluding hydrogens is 432 g/mol. The fourth-order valence-electron chi connectivity index (χ4n) is 9.18. The molecule has 2 heterocycles. The van der Waals surface area contributed by atoms with Crippen molar-refractivity contribution in [3.8, 4) is 0 Å². The van der Waals surface area contributed by atoms with E-state index < -0.39 is 65.0 Å². The second-order valence-corrected chi connectivity index (χ2v) is 11.9. The lowest BCUT2D eigenvalue weighted by Gasteiger charge is -2.75. The van der Waals surface area contributed by atoms with Crippen LogP contribution in [0.4, 0.5) is 0 Å².